The minimum absolute atomic E-state index is 0.292. The van der Waals surface area contributed by atoms with Crippen molar-refractivity contribution in [3.8, 4) is 11.5 Å². The Morgan fingerprint density at radius 3 is 2.35 bits per heavy atom. The van der Waals surface area contributed by atoms with Crippen LogP contribution in [0.3, 0.4) is 0 Å². The zero-order valence-corrected chi connectivity index (χ0v) is 15.3. The average Bonchev–Trinajstić information content (AvgIpc) is 3.09. The number of nitro benzene ring substituents is 2. The van der Waals surface area contributed by atoms with Gasteiger partial charge in [-0.1, -0.05) is 33.8 Å². The van der Waals surface area contributed by atoms with Gasteiger partial charge in [-0.25, -0.2) is 0 Å². The summed E-state index contributed by atoms with van der Waals surface area (Å²) in [5.74, 6) is 0.649. The molecule has 2 aromatic carbocycles. The molecule has 9 nitrogen and oxygen atoms in total. The molecule has 0 radical (unpaired) electrons. The highest BCUT2D eigenvalue weighted by Gasteiger charge is 2.24. The summed E-state index contributed by atoms with van der Waals surface area (Å²) in [4.78, 5) is 20.3. The Labute approximate surface area is 158 Å². The molecule has 26 heavy (non-hydrogen) atoms. The fourth-order valence-electron chi connectivity index (χ4n) is 2.08. The third-order valence-electron chi connectivity index (χ3n) is 3.29. The van der Waals surface area contributed by atoms with E-state index in [-0.39, 0.29) is 0 Å². The molecule has 0 aliphatic rings. The van der Waals surface area contributed by atoms with Crippen molar-refractivity contribution in [3.63, 3.8) is 0 Å². The molecule has 0 spiro atoms. The molecule has 11 heteroatoms. The van der Waals surface area contributed by atoms with Crippen molar-refractivity contribution < 1.29 is 14.3 Å². The van der Waals surface area contributed by atoms with E-state index in [1.807, 2.05) is 24.3 Å². The van der Waals surface area contributed by atoms with E-state index in [1.165, 1.54) is 23.9 Å². The Morgan fingerprint density at radius 1 is 1.00 bits per heavy atom. The predicted octanol–water partition coefficient (Wildman–Crippen LogP) is 4.61. The largest absolute Gasteiger partial charge is 0.411 e. The molecular formula is C15H9BrN4O5S. The van der Waals surface area contributed by atoms with E-state index in [0.717, 1.165) is 16.1 Å². The van der Waals surface area contributed by atoms with Crippen LogP contribution in [0, 0.1) is 20.2 Å². The summed E-state index contributed by atoms with van der Waals surface area (Å²) in [6.45, 7) is 0. The third kappa shape index (κ3) is 4.06. The molecule has 0 N–H and O–H groups in total. The second-order valence-electron chi connectivity index (χ2n) is 5.01. The zero-order valence-electron chi connectivity index (χ0n) is 12.9. The maximum absolute atomic E-state index is 11.0. The Morgan fingerprint density at radius 2 is 1.69 bits per heavy atom. The molecule has 0 aliphatic heterocycles. The molecule has 3 aromatic rings. The van der Waals surface area contributed by atoms with Crippen LogP contribution in [0.15, 0.2) is 56.6 Å². The van der Waals surface area contributed by atoms with Gasteiger partial charge in [0, 0.05) is 27.9 Å². The number of halogens is 1. The number of hydrogen-bond acceptors (Lipinski definition) is 8. The van der Waals surface area contributed by atoms with E-state index in [2.05, 4.69) is 26.1 Å². The Balaban J connectivity index is 1.73. The highest BCUT2D eigenvalue weighted by molar-refractivity contribution is 9.10. The lowest BCUT2D eigenvalue weighted by molar-refractivity contribution is -0.422. The Bertz CT molecular complexity index is 976. The van der Waals surface area contributed by atoms with Crippen molar-refractivity contribution in [1.82, 2.24) is 10.2 Å². The summed E-state index contributed by atoms with van der Waals surface area (Å²) in [7, 11) is 0. The van der Waals surface area contributed by atoms with Crippen LogP contribution in [0.5, 0.6) is 0 Å². The Kier molecular flexibility index (Phi) is 5.28. The Hall–Kier alpha value is -2.79. The number of benzene rings is 2. The van der Waals surface area contributed by atoms with Gasteiger partial charge in [0.15, 0.2) is 0 Å². The van der Waals surface area contributed by atoms with Gasteiger partial charge in [-0.3, -0.25) is 20.2 Å². The molecule has 0 saturated carbocycles. The van der Waals surface area contributed by atoms with E-state index in [1.54, 1.807) is 0 Å². The molecule has 0 bridgehead atoms. The number of nitrogens with zero attached hydrogens (tertiary/aromatic N) is 4. The maximum Gasteiger partial charge on any atom is 0.346 e. The molecular weight excluding hydrogens is 428 g/mol. The highest BCUT2D eigenvalue weighted by atomic mass is 79.9. The van der Waals surface area contributed by atoms with E-state index < -0.39 is 21.2 Å². The van der Waals surface area contributed by atoms with Crippen LogP contribution < -0.4 is 0 Å². The van der Waals surface area contributed by atoms with Crippen LogP contribution in [0.25, 0.3) is 11.5 Å². The van der Waals surface area contributed by atoms with Crippen LogP contribution in [-0.2, 0) is 5.75 Å². The topological polar surface area (TPSA) is 125 Å². The van der Waals surface area contributed by atoms with Gasteiger partial charge in [-0.2, -0.15) is 0 Å². The maximum atomic E-state index is 11.0. The lowest BCUT2D eigenvalue weighted by atomic mass is 10.2. The smallest absolute Gasteiger partial charge is 0.346 e. The van der Waals surface area contributed by atoms with Gasteiger partial charge in [-0.15, -0.1) is 10.2 Å². The SMILES string of the molecule is O=[N+]([O-])c1ccc(CSc2nnc(-c3ccc(Br)cc3)o2)cc1[N+](=O)[O-]. The first-order valence-corrected chi connectivity index (χ1v) is 8.86. The van der Waals surface area contributed by atoms with Crippen LogP contribution >= 0.6 is 27.7 Å². The van der Waals surface area contributed by atoms with Gasteiger partial charge < -0.3 is 4.42 Å². The first-order valence-electron chi connectivity index (χ1n) is 7.08. The fraction of sp³-hybridized carbons (Fsp3) is 0.0667. The van der Waals surface area contributed by atoms with Crippen molar-refractivity contribution in [2.45, 2.75) is 11.0 Å². The van der Waals surface area contributed by atoms with Crippen LogP contribution in [0.4, 0.5) is 11.4 Å². The lowest BCUT2D eigenvalue weighted by Crippen LogP contribution is -1.97. The lowest BCUT2D eigenvalue weighted by Gasteiger charge is -2.00. The quantitative estimate of drug-likeness (QED) is 0.311. The van der Waals surface area contributed by atoms with Crippen LogP contribution in [0.1, 0.15) is 5.56 Å². The van der Waals surface area contributed by atoms with E-state index in [9.17, 15) is 20.2 Å². The van der Waals surface area contributed by atoms with Crippen molar-refractivity contribution >= 4 is 39.1 Å². The molecule has 0 amide bonds. The van der Waals surface area contributed by atoms with Crippen LogP contribution in [-0.4, -0.2) is 20.0 Å². The summed E-state index contributed by atoms with van der Waals surface area (Å²) in [5, 5.41) is 30.0. The summed E-state index contributed by atoms with van der Waals surface area (Å²) in [6, 6.07) is 11.1. The highest BCUT2D eigenvalue weighted by Crippen LogP contribution is 2.31. The molecule has 0 unspecified atom stereocenters. The van der Waals surface area contributed by atoms with Gasteiger partial charge in [0.25, 0.3) is 5.22 Å². The first kappa shape index (κ1) is 18.0. The number of rotatable bonds is 6. The van der Waals surface area contributed by atoms with E-state index in [0.29, 0.717) is 22.4 Å². The van der Waals surface area contributed by atoms with Gasteiger partial charge in [0.1, 0.15) is 0 Å². The summed E-state index contributed by atoms with van der Waals surface area (Å²) < 4.78 is 6.48. The number of hydrogen-bond donors (Lipinski definition) is 0. The number of aromatic nitrogens is 2. The van der Waals surface area contributed by atoms with Crippen LogP contribution in [0.2, 0.25) is 0 Å². The van der Waals surface area contributed by atoms with Crippen molar-refractivity contribution in [1.29, 1.82) is 0 Å². The molecule has 1 aromatic heterocycles. The zero-order chi connectivity index (χ0) is 18.7. The first-order chi connectivity index (χ1) is 12.4. The van der Waals surface area contributed by atoms with Gasteiger partial charge in [-0.05, 0) is 29.8 Å². The van der Waals surface area contributed by atoms with E-state index >= 15 is 0 Å². The molecule has 0 aliphatic carbocycles. The van der Waals surface area contributed by atoms with Gasteiger partial charge in [0.2, 0.25) is 5.89 Å². The molecule has 0 saturated heterocycles. The molecule has 132 valence electrons. The number of nitro groups is 2. The average molecular weight is 437 g/mol. The van der Waals surface area contributed by atoms with Crippen molar-refractivity contribution in [2.24, 2.45) is 0 Å². The predicted molar refractivity (Wildman–Crippen MR) is 96.7 cm³/mol. The van der Waals surface area contributed by atoms with Crippen molar-refractivity contribution in [2.75, 3.05) is 0 Å². The summed E-state index contributed by atoms with van der Waals surface area (Å²) >= 11 is 4.53. The standard InChI is InChI=1S/C15H9BrN4O5S/c16-11-4-2-10(3-5-11)14-17-18-15(25-14)26-8-9-1-6-12(19(21)22)13(7-9)20(23)24/h1-7H,8H2. The second-order valence-corrected chi connectivity index (χ2v) is 6.85. The summed E-state index contributed by atoms with van der Waals surface area (Å²) in [5.41, 5.74) is 0.211. The van der Waals surface area contributed by atoms with Gasteiger partial charge in [0.05, 0.1) is 9.85 Å². The monoisotopic (exact) mass is 436 g/mol. The molecule has 0 fully saturated rings. The van der Waals surface area contributed by atoms with Gasteiger partial charge >= 0.3 is 11.4 Å². The second kappa shape index (κ2) is 7.62. The van der Waals surface area contributed by atoms with E-state index in [4.69, 9.17) is 4.42 Å². The third-order valence-corrected chi connectivity index (χ3v) is 4.71. The normalized spacial score (nSPS) is 10.7. The minimum Gasteiger partial charge on any atom is -0.411 e. The van der Waals surface area contributed by atoms with Crippen molar-refractivity contribution in [3.05, 3.63) is 72.7 Å². The molecule has 3 rings (SSSR count). The molecule has 1 heterocycles. The summed E-state index contributed by atoms with van der Waals surface area (Å²) in [6.07, 6.45) is 0. The number of thioether (sulfide) groups is 1. The fourth-order valence-corrected chi connectivity index (χ4v) is 3.05. The molecule has 0 atom stereocenters. The minimum atomic E-state index is -0.780.